The van der Waals surface area contributed by atoms with Gasteiger partial charge in [-0.3, -0.25) is 4.90 Å². The molecule has 0 N–H and O–H groups in total. The van der Waals surface area contributed by atoms with Crippen molar-refractivity contribution in [1.82, 2.24) is 9.88 Å². The quantitative estimate of drug-likeness (QED) is 0.277. The average molecular weight is 555 g/mol. The number of carbonyl (C=O) groups excluding carboxylic acids is 1. The molecule has 5 nitrogen and oxygen atoms in total. The van der Waals surface area contributed by atoms with E-state index in [0.717, 1.165) is 49.1 Å². The third kappa shape index (κ3) is 5.93. The van der Waals surface area contributed by atoms with Gasteiger partial charge in [-0.25, -0.2) is 14.2 Å². The Labute approximate surface area is 224 Å². The second-order valence-electron chi connectivity index (χ2n) is 11.6. The molecule has 5 rings (SSSR count). The van der Waals surface area contributed by atoms with E-state index in [1.165, 1.54) is 6.07 Å². The minimum Gasteiger partial charge on any atom is -0.473 e. The molecule has 38 heavy (non-hydrogen) atoms. The number of rotatable bonds is 6. The van der Waals surface area contributed by atoms with Gasteiger partial charge >= 0.3 is 12.1 Å². The van der Waals surface area contributed by atoms with Crippen LogP contribution in [-0.4, -0.2) is 39.6 Å². The number of halogens is 5. The summed E-state index contributed by atoms with van der Waals surface area (Å²) >= 11 is 6.05. The smallest absolute Gasteiger partial charge is 0.417 e. The molecule has 1 aromatic carbocycles. The Kier molecular flexibility index (Phi) is 7.14. The Hall–Kier alpha value is -2.39. The highest BCUT2D eigenvalue weighted by molar-refractivity contribution is 6.31. The lowest BCUT2D eigenvalue weighted by molar-refractivity contribution is -0.137. The van der Waals surface area contributed by atoms with Crippen molar-refractivity contribution in [3.63, 3.8) is 0 Å². The fraction of sp³-hybridized carbons (Fsp3) is 0.571. The van der Waals surface area contributed by atoms with Crippen LogP contribution in [0.25, 0.3) is 0 Å². The van der Waals surface area contributed by atoms with Crippen LogP contribution in [0.3, 0.4) is 0 Å². The highest BCUT2D eigenvalue weighted by Crippen LogP contribution is 2.45. The number of alkyl halides is 3. The van der Waals surface area contributed by atoms with Crippen molar-refractivity contribution in [2.75, 3.05) is 0 Å². The normalized spacial score (nSPS) is 23.9. The minimum atomic E-state index is -4.52. The summed E-state index contributed by atoms with van der Waals surface area (Å²) in [4.78, 5) is 18.8. The predicted molar refractivity (Wildman–Crippen MR) is 134 cm³/mol. The van der Waals surface area contributed by atoms with Gasteiger partial charge in [-0.05, 0) is 94.5 Å². The summed E-state index contributed by atoms with van der Waals surface area (Å²) in [5.41, 5.74) is 0.239. The monoisotopic (exact) mass is 554 g/mol. The van der Waals surface area contributed by atoms with Crippen molar-refractivity contribution >= 4 is 17.6 Å². The van der Waals surface area contributed by atoms with Crippen LogP contribution in [0.5, 0.6) is 5.88 Å². The summed E-state index contributed by atoms with van der Waals surface area (Å²) in [6, 6.07) is 4.37. The number of hydrogen-bond donors (Lipinski definition) is 0. The van der Waals surface area contributed by atoms with E-state index in [4.69, 9.17) is 21.1 Å². The number of esters is 1. The molecule has 2 aliphatic heterocycles. The number of nitrogens with zero attached hydrogens (tertiary/aromatic N) is 2. The standard InChI is InChI=1S/C28H31ClF4N2O3/c1-27(2,3)38-26(36)22-12-21(15-4-5-15)16(8-24(22)30)14-35-18-6-7-19(35)11-20(10-18)37-25-23(29)9-17(13-34-25)28(31,32)33/h8-9,12-13,15,18-20H,4-7,10-11,14H2,1-3H3/t18-,19?,20?/m0/s1. The molecule has 1 aromatic heterocycles. The molecule has 2 aromatic rings. The van der Waals surface area contributed by atoms with Gasteiger partial charge in [-0.1, -0.05) is 11.6 Å². The van der Waals surface area contributed by atoms with Gasteiger partial charge in [-0.15, -0.1) is 0 Å². The molecule has 0 spiro atoms. The Morgan fingerprint density at radius 3 is 2.29 bits per heavy atom. The SMILES string of the molecule is CC(C)(C)OC(=O)c1cc(C2CC2)c(CN2C3CC[C@H]2CC(Oc2ncc(C(F)(F)F)cc2Cl)C3)cc1F. The van der Waals surface area contributed by atoms with Gasteiger partial charge in [0.05, 0.1) is 11.1 Å². The number of pyridine rings is 1. The van der Waals surface area contributed by atoms with Crippen LogP contribution in [0.4, 0.5) is 17.6 Å². The van der Waals surface area contributed by atoms with Crippen molar-refractivity contribution in [3.8, 4) is 5.88 Å². The predicted octanol–water partition coefficient (Wildman–Crippen LogP) is 7.30. The molecule has 3 aliphatic rings. The number of carbonyl (C=O) groups is 1. The highest BCUT2D eigenvalue weighted by atomic mass is 35.5. The van der Waals surface area contributed by atoms with Gasteiger partial charge in [0, 0.05) is 24.8 Å². The number of hydrogen-bond acceptors (Lipinski definition) is 5. The first kappa shape index (κ1) is 27.2. The summed E-state index contributed by atoms with van der Waals surface area (Å²) < 4.78 is 65.3. The first-order valence-corrected chi connectivity index (χ1v) is 13.4. The van der Waals surface area contributed by atoms with Crippen molar-refractivity contribution in [1.29, 1.82) is 0 Å². The summed E-state index contributed by atoms with van der Waals surface area (Å²) in [5.74, 6) is -0.907. The first-order chi connectivity index (χ1) is 17.8. The topological polar surface area (TPSA) is 51.7 Å². The van der Waals surface area contributed by atoms with Gasteiger partial charge in [-0.2, -0.15) is 13.2 Å². The maximum atomic E-state index is 15.1. The Bertz CT molecular complexity index is 1210. The molecular weight excluding hydrogens is 524 g/mol. The molecule has 0 amide bonds. The number of aromatic nitrogens is 1. The van der Waals surface area contributed by atoms with E-state index in [0.29, 0.717) is 25.3 Å². The van der Waals surface area contributed by atoms with E-state index in [-0.39, 0.29) is 34.7 Å². The molecular formula is C28H31ClF4N2O3. The minimum absolute atomic E-state index is 0.00772. The van der Waals surface area contributed by atoms with Crippen LogP contribution in [0.15, 0.2) is 24.4 Å². The van der Waals surface area contributed by atoms with Gasteiger partial charge in [0.1, 0.15) is 22.5 Å². The second kappa shape index (κ2) is 9.97. The number of benzene rings is 1. The van der Waals surface area contributed by atoms with E-state index in [9.17, 15) is 18.0 Å². The van der Waals surface area contributed by atoms with Crippen LogP contribution < -0.4 is 4.74 Å². The van der Waals surface area contributed by atoms with Crippen LogP contribution >= 0.6 is 11.6 Å². The summed E-state index contributed by atoms with van der Waals surface area (Å²) in [7, 11) is 0. The van der Waals surface area contributed by atoms with E-state index in [1.807, 2.05) is 0 Å². The largest absolute Gasteiger partial charge is 0.473 e. The lowest BCUT2D eigenvalue weighted by Crippen LogP contribution is -2.46. The number of ether oxygens (including phenoxy) is 2. The molecule has 2 bridgehead atoms. The fourth-order valence-corrected chi connectivity index (χ4v) is 5.84. The Balaban J connectivity index is 1.29. The zero-order valence-corrected chi connectivity index (χ0v) is 22.3. The molecule has 1 saturated carbocycles. The van der Waals surface area contributed by atoms with Crippen molar-refractivity contribution < 1.29 is 31.8 Å². The van der Waals surface area contributed by atoms with E-state index in [2.05, 4.69) is 9.88 Å². The lowest BCUT2D eigenvalue weighted by atomic mass is 9.95. The molecule has 0 radical (unpaired) electrons. The second-order valence-corrected chi connectivity index (χ2v) is 12.0. The maximum Gasteiger partial charge on any atom is 0.417 e. The van der Waals surface area contributed by atoms with Crippen LogP contribution in [0, 0.1) is 5.82 Å². The molecule has 10 heteroatoms. The van der Waals surface area contributed by atoms with Crippen molar-refractivity contribution in [3.05, 3.63) is 57.5 Å². The van der Waals surface area contributed by atoms with Gasteiger partial charge in [0.15, 0.2) is 0 Å². The zero-order valence-electron chi connectivity index (χ0n) is 21.6. The average Bonchev–Trinajstić information content (AvgIpc) is 3.60. The van der Waals surface area contributed by atoms with Gasteiger partial charge in [0.25, 0.3) is 0 Å². The van der Waals surface area contributed by atoms with Crippen molar-refractivity contribution in [2.24, 2.45) is 0 Å². The third-order valence-corrected chi connectivity index (χ3v) is 7.74. The number of piperidine rings is 1. The van der Waals surface area contributed by atoms with Crippen molar-refractivity contribution in [2.45, 2.75) is 102 Å². The fourth-order valence-electron chi connectivity index (χ4n) is 5.63. The lowest BCUT2D eigenvalue weighted by Gasteiger charge is -2.39. The van der Waals surface area contributed by atoms with Crippen LogP contribution in [-0.2, 0) is 17.5 Å². The first-order valence-electron chi connectivity index (χ1n) is 13.0. The van der Waals surface area contributed by atoms with Crippen LogP contribution in [0.2, 0.25) is 5.02 Å². The molecule has 2 saturated heterocycles. The molecule has 2 unspecified atom stereocenters. The maximum absolute atomic E-state index is 15.1. The van der Waals surface area contributed by atoms with E-state index < -0.39 is 29.1 Å². The molecule has 3 heterocycles. The Morgan fingerprint density at radius 1 is 1.08 bits per heavy atom. The van der Waals surface area contributed by atoms with Gasteiger partial charge < -0.3 is 9.47 Å². The van der Waals surface area contributed by atoms with Gasteiger partial charge in [0.2, 0.25) is 5.88 Å². The molecule has 3 atom stereocenters. The highest BCUT2D eigenvalue weighted by Gasteiger charge is 2.43. The molecule has 206 valence electrons. The van der Waals surface area contributed by atoms with E-state index >= 15 is 4.39 Å². The number of fused-ring (bicyclic) bond motifs is 2. The summed E-state index contributed by atoms with van der Waals surface area (Å²) in [6.07, 6.45) is 1.26. The molecule has 1 aliphatic carbocycles. The zero-order chi connectivity index (χ0) is 27.4. The summed E-state index contributed by atoms with van der Waals surface area (Å²) in [5, 5.41) is -0.163. The Morgan fingerprint density at radius 2 is 1.74 bits per heavy atom. The third-order valence-electron chi connectivity index (χ3n) is 7.47. The van der Waals surface area contributed by atoms with Crippen LogP contribution in [0.1, 0.15) is 92.3 Å². The molecule has 3 fully saturated rings. The summed E-state index contributed by atoms with van der Waals surface area (Å²) in [6.45, 7) is 5.83. The van der Waals surface area contributed by atoms with E-state index in [1.54, 1.807) is 26.8 Å².